The van der Waals surface area contributed by atoms with Crippen LogP contribution in [0.2, 0.25) is 0 Å². The molecule has 0 fully saturated rings. The minimum absolute atomic E-state index is 0.111. The monoisotopic (exact) mass is 479 g/mol. The van der Waals surface area contributed by atoms with Crippen LogP contribution in [-0.4, -0.2) is 39.9 Å². The van der Waals surface area contributed by atoms with Gasteiger partial charge in [-0.05, 0) is 35.6 Å². The summed E-state index contributed by atoms with van der Waals surface area (Å²) >= 11 is 1.53. The molecule has 176 valence electrons. The molecule has 1 aromatic carbocycles. The van der Waals surface area contributed by atoms with Crippen molar-refractivity contribution in [1.82, 2.24) is 19.7 Å². The summed E-state index contributed by atoms with van der Waals surface area (Å²) in [6.07, 6.45) is 1.63. The van der Waals surface area contributed by atoms with Gasteiger partial charge in [-0.2, -0.15) is 9.78 Å². The van der Waals surface area contributed by atoms with Crippen molar-refractivity contribution in [2.75, 3.05) is 19.5 Å². The van der Waals surface area contributed by atoms with Crippen molar-refractivity contribution in [3.05, 3.63) is 69.5 Å². The molecule has 4 rings (SSSR count). The average molecular weight is 480 g/mol. The Kier molecular flexibility index (Phi) is 7.07. The predicted octanol–water partition coefficient (Wildman–Crippen LogP) is 3.84. The van der Waals surface area contributed by atoms with E-state index in [1.54, 1.807) is 32.4 Å². The Balaban J connectivity index is 1.66. The second kappa shape index (κ2) is 10.3. The van der Waals surface area contributed by atoms with E-state index in [-0.39, 0.29) is 23.8 Å². The maximum Gasteiger partial charge on any atom is 0.252 e. The fraction of sp³-hybridized carbons (Fsp3) is 0.250. The zero-order valence-corrected chi connectivity index (χ0v) is 19.9. The molecule has 3 heterocycles. The maximum absolute atomic E-state index is 12.9. The van der Waals surface area contributed by atoms with Gasteiger partial charge in [-0.1, -0.05) is 25.5 Å². The first-order chi connectivity index (χ1) is 16.5. The second-order valence-corrected chi connectivity index (χ2v) is 8.48. The smallest absolute Gasteiger partial charge is 0.252 e. The molecule has 0 atom stereocenters. The molecule has 9 nitrogen and oxygen atoms in total. The fourth-order valence-corrected chi connectivity index (χ4v) is 4.20. The number of aromatic nitrogens is 4. The van der Waals surface area contributed by atoms with Crippen molar-refractivity contribution >= 4 is 23.1 Å². The summed E-state index contributed by atoms with van der Waals surface area (Å²) in [7, 11) is 3.11. The molecule has 10 heteroatoms. The van der Waals surface area contributed by atoms with E-state index in [1.807, 2.05) is 30.5 Å². The highest BCUT2D eigenvalue weighted by Gasteiger charge is 2.17. The van der Waals surface area contributed by atoms with Gasteiger partial charge in [-0.15, -0.1) is 11.3 Å². The van der Waals surface area contributed by atoms with Crippen molar-refractivity contribution in [3.8, 4) is 28.0 Å². The third-order valence-corrected chi connectivity index (χ3v) is 5.94. The summed E-state index contributed by atoms with van der Waals surface area (Å²) < 4.78 is 12.0. The van der Waals surface area contributed by atoms with Crippen LogP contribution in [-0.2, 0) is 17.6 Å². The molecule has 34 heavy (non-hydrogen) atoms. The average Bonchev–Trinajstić information content (AvgIpc) is 3.49. The van der Waals surface area contributed by atoms with E-state index in [9.17, 15) is 9.59 Å². The molecular formula is C24H25N5O4S. The van der Waals surface area contributed by atoms with Crippen LogP contribution in [0.1, 0.15) is 24.6 Å². The highest BCUT2D eigenvalue weighted by molar-refractivity contribution is 7.13. The number of nitrogens with zero attached hydrogens (tertiary/aromatic N) is 3. The first-order valence-corrected chi connectivity index (χ1v) is 11.6. The SMILES string of the molecule is CCCc1cc(=O)[nH]c(-n2nc(-c3cccs3)cc2NC(=O)Cc2ccc(OC)c(OC)c2)n1. The molecule has 2 N–H and O–H groups in total. The Bertz CT molecular complexity index is 1340. The Hall–Kier alpha value is -3.92. The zero-order valence-electron chi connectivity index (χ0n) is 19.1. The number of carbonyl (C=O) groups is 1. The number of H-pyrrole nitrogens is 1. The molecule has 0 aliphatic rings. The number of anilines is 1. The Morgan fingerprint density at radius 3 is 2.68 bits per heavy atom. The summed E-state index contributed by atoms with van der Waals surface area (Å²) in [4.78, 5) is 33.4. The first kappa shape index (κ1) is 23.2. The molecule has 4 aromatic rings. The number of ether oxygens (including phenoxy) is 2. The van der Waals surface area contributed by atoms with Gasteiger partial charge in [-0.25, -0.2) is 4.98 Å². The normalized spacial score (nSPS) is 10.8. The van der Waals surface area contributed by atoms with Gasteiger partial charge in [0.05, 0.1) is 25.5 Å². The number of methoxy groups -OCH3 is 2. The minimum Gasteiger partial charge on any atom is -0.493 e. The highest BCUT2D eigenvalue weighted by Crippen LogP contribution is 2.29. The van der Waals surface area contributed by atoms with E-state index in [0.29, 0.717) is 35.1 Å². The van der Waals surface area contributed by atoms with Gasteiger partial charge in [0, 0.05) is 17.8 Å². The number of amides is 1. The second-order valence-electron chi connectivity index (χ2n) is 7.53. The summed E-state index contributed by atoms with van der Waals surface area (Å²) in [5.74, 6) is 1.55. The van der Waals surface area contributed by atoms with E-state index < -0.39 is 0 Å². The van der Waals surface area contributed by atoms with Crippen molar-refractivity contribution in [3.63, 3.8) is 0 Å². The zero-order chi connectivity index (χ0) is 24.1. The molecule has 0 aliphatic carbocycles. The quantitative estimate of drug-likeness (QED) is 0.377. The van der Waals surface area contributed by atoms with Gasteiger partial charge in [0.1, 0.15) is 11.5 Å². The standard InChI is InChI=1S/C24H25N5O4S/c1-4-6-16-13-23(31)27-24(25-16)29-21(14-17(28-29)20-7-5-10-34-20)26-22(30)12-15-8-9-18(32-2)19(11-15)33-3/h5,7-11,13-14H,4,6,12H2,1-3H3,(H,26,30)(H,25,27,31). The molecule has 0 bridgehead atoms. The van der Waals surface area contributed by atoms with Crippen molar-refractivity contribution in [2.24, 2.45) is 0 Å². The number of hydrogen-bond donors (Lipinski definition) is 2. The van der Waals surface area contributed by atoms with Gasteiger partial charge < -0.3 is 14.8 Å². The first-order valence-electron chi connectivity index (χ1n) is 10.8. The van der Waals surface area contributed by atoms with E-state index in [2.05, 4.69) is 20.4 Å². The maximum atomic E-state index is 12.9. The van der Waals surface area contributed by atoms with Gasteiger partial charge >= 0.3 is 0 Å². The van der Waals surface area contributed by atoms with Crippen molar-refractivity contribution < 1.29 is 14.3 Å². The number of thiophene rings is 1. The number of benzene rings is 1. The number of nitrogens with one attached hydrogen (secondary N) is 2. The molecule has 0 spiro atoms. The largest absolute Gasteiger partial charge is 0.493 e. The van der Waals surface area contributed by atoms with E-state index in [1.165, 1.54) is 22.1 Å². The van der Waals surface area contributed by atoms with Crippen LogP contribution in [0.15, 0.2) is 52.6 Å². The third kappa shape index (κ3) is 5.18. The highest BCUT2D eigenvalue weighted by atomic mass is 32.1. The van der Waals surface area contributed by atoms with Crippen molar-refractivity contribution in [1.29, 1.82) is 0 Å². The Morgan fingerprint density at radius 1 is 1.15 bits per heavy atom. The minimum atomic E-state index is -0.274. The van der Waals surface area contributed by atoms with Crippen LogP contribution in [0, 0.1) is 0 Å². The predicted molar refractivity (Wildman–Crippen MR) is 131 cm³/mol. The molecule has 0 aliphatic heterocycles. The summed E-state index contributed by atoms with van der Waals surface area (Å²) in [6, 6.07) is 12.4. The molecule has 1 amide bonds. The van der Waals surface area contributed by atoms with Gasteiger partial charge in [0.2, 0.25) is 11.9 Å². The molecule has 0 saturated heterocycles. The lowest BCUT2D eigenvalue weighted by Crippen LogP contribution is -2.20. The van der Waals surface area contributed by atoms with Gasteiger partial charge in [0.15, 0.2) is 11.5 Å². The molecule has 3 aromatic heterocycles. The Labute approximate surface area is 200 Å². The lowest BCUT2D eigenvalue weighted by Gasteiger charge is -2.11. The van der Waals surface area contributed by atoms with Crippen LogP contribution >= 0.6 is 11.3 Å². The number of aryl methyl sites for hydroxylation is 1. The van der Waals surface area contributed by atoms with E-state index >= 15 is 0 Å². The molecular weight excluding hydrogens is 454 g/mol. The van der Waals surface area contributed by atoms with Crippen LogP contribution in [0.4, 0.5) is 5.82 Å². The number of rotatable bonds is 9. The summed E-state index contributed by atoms with van der Waals surface area (Å²) in [5, 5.41) is 9.48. The molecule has 0 radical (unpaired) electrons. The van der Waals surface area contributed by atoms with Crippen LogP contribution in [0.5, 0.6) is 11.5 Å². The number of carbonyl (C=O) groups excluding carboxylic acids is 1. The summed E-state index contributed by atoms with van der Waals surface area (Å²) in [6.45, 7) is 2.02. The number of hydrogen-bond acceptors (Lipinski definition) is 7. The van der Waals surface area contributed by atoms with Crippen LogP contribution < -0.4 is 20.3 Å². The van der Waals surface area contributed by atoms with E-state index in [4.69, 9.17) is 9.47 Å². The van der Waals surface area contributed by atoms with Crippen LogP contribution in [0.25, 0.3) is 16.5 Å². The van der Waals surface area contributed by atoms with Gasteiger partial charge in [0.25, 0.3) is 5.56 Å². The lowest BCUT2D eigenvalue weighted by atomic mass is 10.1. The van der Waals surface area contributed by atoms with Crippen LogP contribution in [0.3, 0.4) is 0 Å². The van der Waals surface area contributed by atoms with Crippen molar-refractivity contribution in [2.45, 2.75) is 26.2 Å². The third-order valence-electron chi connectivity index (χ3n) is 5.05. The Morgan fingerprint density at radius 2 is 1.97 bits per heavy atom. The number of aromatic amines is 1. The summed E-state index contributed by atoms with van der Waals surface area (Å²) in [5.41, 5.74) is 1.82. The van der Waals surface area contributed by atoms with Gasteiger partial charge in [-0.3, -0.25) is 14.6 Å². The lowest BCUT2D eigenvalue weighted by molar-refractivity contribution is -0.115. The fourth-order valence-electron chi connectivity index (χ4n) is 3.52. The topological polar surface area (TPSA) is 111 Å². The van der Waals surface area contributed by atoms with E-state index in [0.717, 1.165) is 16.9 Å². The molecule has 0 saturated carbocycles. The molecule has 0 unspecified atom stereocenters.